The van der Waals surface area contributed by atoms with Crippen LogP contribution in [0.15, 0.2) is 41.8 Å². The molecule has 2 heterocycles. The van der Waals surface area contributed by atoms with Crippen LogP contribution in [-0.4, -0.2) is 37.0 Å². The van der Waals surface area contributed by atoms with Crippen molar-refractivity contribution in [2.24, 2.45) is 5.92 Å². The normalized spacial score (nSPS) is 16.4. The monoisotopic (exact) mass is 408 g/mol. The number of hydrogen-bond acceptors (Lipinski definition) is 4. The number of ether oxygens (including phenoxy) is 1. The van der Waals surface area contributed by atoms with Crippen molar-refractivity contribution in [3.8, 4) is 5.75 Å². The first-order chi connectivity index (χ1) is 12.7. The van der Waals surface area contributed by atoms with Gasteiger partial charge in [-0.25, -0.2) is 0 Å². The van der Waals surface area contributed by atoms with Crippen molar-refractivity contribution in [3.05, 3.63) is 52.2 Å². The minimum absolute atomic E-state index is 0. The summed E-state index contributed by atoms with van der Waals surface area (Å²) >= 11 is 1.77. The molecule has 1 saturated heterocycles. The summed E-state index contributed by atoms with van der Waals surface area (Å²) in [6, 6.07) is 11.9. The summed E-state index contributed by atoms with van der Waals surface area (Å²) in [6.07, 6.45) is 2.46. The number of piperidine rings is 1. The van der Waals surface area contributed by atoms with Gasteiger partial charge in [0.05, 0.1) is 12.6 Å². The molecule has 0 radical (unpaired) electrons. The molecule has 3 rings (SSSR count). The summed E-state index contributed by atoms with van der Waals surface area (Å²) in [5, 5.41) is 5.25. The van der Waals surface area contributed by atoms with Crippen LogP contribution in [0.4, 0.5) is 0 Å². The Kier molecular flexibility index (Phi) is 8.61. The lowest BCUT2D eigenvalue weighted by atomic mass is 9.97. The molecule has 27 heavy (non-hydrogen) atoms. The Morgan fingerprint density at radius 1 is 1.30 bits per heavy atom. The number of benzene rings is 1. The van der Waals surface area contributed by atoms with Crippen LogP contribution in [0.2, 0.25) is 0 Å². The van der Waals surface area contributed by atoms with Gasteiger partial charge in [-0.2, -0.15) is 0 Å². The molecule has 1 fully saturated rings. The predicted molar refractivity (Wildman–Crippen MR) is 114 cm³/mol. The lowest BCUT2D eigenvalue weighted by Gasteiger charge is -2.36. The third kappa shape index (κ3) is 5.96. The Balaban J connectivity index is 0.00000261. The number of rotatable bonds is 7. The summed E-state index contributed by atoms with van der Waals surface area (Å²) < 4.78 is 5.50. The Hall–Kier alpha value is -1.56. The number of halogens is 1. The Labute approximate surface area is 172 Å². The molecule has 1 N–H and O–H groups in total. The molecule has 1 aromatic carbocycles. The van der Waals surface area contributed by atoms with E-state index >= 15 is 0 Å². The van der Waals surface area contributed by atoms with Crippen LogP contribution >= 0.6 is 23.7 Å². The van der Waals surface area contributed by atoms with Crippen molar-refractivity contribution in [2.45, 2.75) is 32.7 Å². The van der Waals surface area contributed by atoms with Gasteiger partial charge in [-0.1, -0.05) is 19.1 Å². The molecule has 0 saturated carbocycles. The van der Waals surface area contributed by atoms with Crippen molar-refractivity contribution in [1.29, 1.82) is 0 Å². The van der Waals surface area contributed by atoms with Crippen LogP contribution in [0.3, 0.4) is 0 Å². The van der Waals surface area contributed by atoms with Crippen molar-refractivity contribution in [2.75, 3.05) is 26.2 Å². The minimum Gasteiger partial charge on any atom is -0.494 e. The topological polar surface area (TPSA) is 41.6 Å². The highest BCUT2D eigenvalue weighted by atomic mass is 35.5. The van der Waals surface area contributed by atoms with Gasteiger partial charge >= 0.3 is 0 Å². The van der Waals surface area contributed by atoms with Gasteiger partial charge < -0.3 is 10.1 Å². The molecule has 1 aliphatic rings. The zero-order valence-corrected chi connectivity index (χ0v) is 17.7. The van der Waals surface area contributed by atoms with Crippen molar-refractivity contribution >= 4 is 29.7 Å². The van der Waals surface area contributed by atoms with Gasteiger partial charge in [-0.05, 0) is 68.4 Å². The quantitative estimate of drug-likeness (QED) is 0.717. The Bertz CT molecular complexity index is 700. The van der Waals surface area contributed by atoms with Gasteiger partial charge in [0.15, 0.2) is 0 Å². The van der Waals surface area contributed by atoms with Gasteiger partial charge in [0.1, 0.15) is 5.75 Å². The number of nitrogens with one attached hydrogen (secondary N) is 1. The molecule has 2 aromatic rings. The highest BCUT2D eigenvalue weighted by Crippen LogP contribution is 2.29. The second kappa shape index (κ2) is 10.7. The predicted octanol–water partition coefficient (Wildman–Crippen LogP) is 4.77. The molecular weight excluding hydrogens is 380 g/mol. The van der Waals surface area contributed by atoms with E-state index in [0.717, 1.165) is 24.8 Å². The van der Waals surface area contributed by atoms with E-state index in [4.69, 9.17) is 4.74 Å². The van der Waals surface area contributed by atoms with E-state index in [0.29, 0.717) is 18.7 Å². The number of carbonyl (C=O) groups is 1. The summed E-state index contributed by atoms with van der Waals surface area (Å²) in [5.74, 6) is 1.49. The first kappa shape index (κ1) is 21.7. The molecule has 4 nitrogen and oxygen atoms in total. The van der Waals surface area contributed by atoms with Gasteiger partial charge in [0, 0.05) is 17.0 Å². The molecule has 148 valence electrons. The van der Waals surface area contributed by atoms with Crippen LogP contribution in [0, 0.1) is 5.92 Å². The maximum atomic E-state index is 12.6. The van der Waals surface area contributed by atoms with Crippen LogP contribution in [-0.2, 0) is 0 Å². The van der Waals surface area contributed by atoms with E-state index in [1.165, 1.54) is 17.7 Å². The van der Waals surface area contributed by atoms with E-state index < -0.39 is 0 Å². The molecule has 1 amide bonds. The number of likely N-dealkylation sites (tertiary alicyclic amines) is 1. The number of carbonyl (C=O) groups excluding carboxylic acids is 1. The molecule has 1 unspecified atom stereocenters. The number of thiophene rings is 1. The maximum absolute atomic E-state index is 12.6. The fourth-order valence-electron chi connectivity index (χ4n) is 3.42. The van der Waals surface area contributed by atoms with Gasteiger partial charge in [-0.3, -0.25) is 9.69 Å². The molecule has 1 aromatic heterocycles. The molecule has 6 heteroatoms. The molecule has 0 aliphatic carbocycles. The van der Waals surface area contributed by atoms with Gasteiger partial charge in [0.25, 0.3) is 5.91 Å². The first-order valence-electron chi connectivity index (χ1n) is 9.46. The number of hydrogen-bond donors (Lipinski definition) is 1. The second-order valence-electron chi connectivity index (χ2n) is 6.92. The second-order valence-corrected chi connectivity index (χ2v) is 7.90. The van der Waals surface area contributed by atoms with E-state index in [2.05, 4.69) is 34.7 Å². The molecule has 1 aliphatic heterocycles. The summed E-state index contributed by atoms with van der Waals surface area (Å²) in [5.41, 5.74) is 0.646. The Morgan fingerprint density at radius 3 is 2.74 bits per heavy atom. The molecule has 1 atom stereocenters. The number of nitrogens with zero attached hydrogens (tertiary/aromatic N) is 1. The highest BCUT2D eigenvalue weighted by Gasteiger charge is 2.25. The smallest absolute Gasteiger partial charge is 0.251 e. The SMILES string of the molecule is CCOc1cccc(C(=O)NCC(c2cccs2)N2CCC(C)CC2)c1.Cl. The lowest BCUT2D eigenvalue weighted by Crippen LogP contribution is -2.41. The minimum atomic E-state index is -0.0431. The third-order valence-corrected chi connectivity index (χ3v) is 5.97. The van der Waals surface area contributed by atoms with E-state index in [1.807, 2.05) is 31.2 Å². The maximum Gasteiger partial charge on any atom is 0.251 e. The van der Waals surface area contributed by atoms with Crippen LogP contribution in [0.25, 0.3) is 0 Å². The van der Waals surface area contributed by atoms with Crippen LogP contribution in [0.5, 0.6) is 5.75 Å². The highest BCUT2D eigenvalue weighted by molar-refractivity contribution is 7.10. The van der Waals surface area contributed by atoms with Crippen molar-refractivity contribution in [3.63, 3.8) is 0 Å². The average molecular weight is 409 g/mol. The zero-order valence-electron chi connectivity index (χ0n) is 16.0. The summed E-state index contributed by atoms with van der Waals surface area (Å²) in [6.45, 7) is 7.69. The van der Waals surface area contributed by atoms with E-state index in [-0.39, 0.29) is 24.4 Å². The first-order valence-corrected chi connectivity index (χ1v) is 10.3. The molecule has 0 bridgehead atoms. The van der Waals surface area contributed by atoms with Crippen molar-refractivity contribution in [1.82, 2.24) is 10.2 Å². The van der Waals surface area contributed by atoms with Crippen LogP contribution < -0.4 is 10.1 Å². The van der Waals surface area contributed by atoms with E-state index in [9.17, 15) is 4.79 Å². The van der Waals surface area contributed by atoms with Gasteiger partial charge in [-0.15, -0.1) is 23.7 Å². The summed E-state index contributed by atoms with van der Waals surface area (Å²) in [7, 11) is 0. The zero-order chi connectivity index (χ0) is 18.4. The van der Waals surface area contributed by atoms with Gasteiger partial charge in [0.2, 0.25) is 0 Å². The third-order valence-electron chi connectivity index (χ3n) is 4.99. The van der Waals surface area contributed by atoms with Crippen LogP contribution in [0.1, 0.15) is 48.0 Å². The molecule has 0 spiro atoms. The largest absolute Gasteiger partial charge is 0.494 e. The summed E-state index contributed by atoms with van der Waals surface area (Å²) in [4.78, 5) is 16.5. The fraction of sp³-hybridized carbons (Fsp3) is 0.476. The fourth-order valence-corrected chi connectivity index (χ4v) is 4.28. The van der Waals surface area contributed by atoms with Crippen molar-refractivity contribution < 1.29 is 9.53 Å². The average Bonchev–Trinajstić information content (AvgIpc) is 3.18. The standard InChI is InChI=1S/C21H28N2O2S.ClH/c1-3-25-18-7-4-6-17(14-18)21(24)22-15-19(20-8-5-13-26-20)23-11-9-16(2)10-12-23;/h4-8,13-14,16,19H,3,9-12,15H2,1-2H3,(H,22,24);1H. The molecular formula is C21H29ClN2O2S. The lowest BCUT2D eigenvalue weighted by molar-refractivity contribution is 0.0914. The Morgan fingerprint density at radius 2 is 2.07 bits per heavy atom. The van der Waals surface area contributed by atoms with E-state index in [1.54, 1.807) is 11.3 Å². The number of amides is 1.